The van der Waals surface area contributed by atoms with Crippen LogP contribution in [-0.2, 0) is 6.54 Å². The highest BCUT2D eigenvalue weighted by molar-refractivity contribution is 6.34. The van der Waals surface area contributed by atoms with E-state index in [1.165, 1.54) is 0 Å². The van der Waals surface area contributed by atoms with E-state index < -0.39 is 0 Å². The van der Waals surface area contributed by atoms with Gasteiger partial charge < -0.3 is 5.32 Å². The van der Waals surface area contributed by atoms with E-state index >= 15 is 0 Å². The molecule has 1 aromatic heterocycles. The lowest BCUT2D eigenvalue weighted by atomic mass is 10.2. The van der Waals surface area contributed by atoms with Crippen LogP contribution >= 0.6 is 11.6 Å². The van der Waals surface area contributed by atoms with Gasteiger partial charge in [0.1, 0.15) is 5.82 Å². The van der Waals surface area contributed by atoms with Crippen LogP contribution in [0.3, 0.4) is 0 Å². The van der Waals surface area contributed by atoms with Crippen molar-refractivity contribution in [2.24, 2.45) is 0 Å². The summed E-state index contributed by atoms with van der Waals surface area (Å²) in [5, 5.41) is 4.64. The first kappa shape index (κ1) is 9.37. The fourth-order valence-corrected chi connectivity index (χ4v) is 1.52. The topological polar surface area (TPSA) is 37.8 Å². The molecule has 3 nitrogen and oxygen atoms in total. The molecular weight excluding hydrogens is 198 g/mol. The molecule has 0 aliphatic carbocycles. The van der Waals surface area contributed by atoms with Crippen molar-refractivity contribution in [3.63, 3.8) is 0 Å². The van der Waals surface area contributed by atoms with Gasteiger partial charge in [0.15, 0.2) is 0 Å². The molecule has 0 aliphatic heterocycles. The Morgan fingerprint density at radius 3 is 3.07 bits per heavy atom. The Kier molecular flexibility index (Phi) is 2.61. The molecule has 0 saturated heterocycles. The molecule has 0 spiro atoms. The predicted molar refractivity (Wildman–Crippen MR) is 57.3 cm³/mol. The van der Waals surface area contributed by atoms with E-state index in [-0.39, 0.29) is 0 Å². The molecule has 1 heterocycles. The first-order valence-electron chi connectivity index (χ1n) is 4.36. The van der Waals surface area contributed by atoms with Gasteiger partial charge in [-0.15, -0.1) is 0 Å². The van der Waals surface area contributed by atoms with Gasteiger partial charge in [-0.05, 0) is 13.1 Å². The average Bonchev–Trinajstić information content (AvgIpc) is 2.20. The van der Waals surface area contributed by atoms with Crippen molar-refractivity contribution in [3.8, 4) is 0 Å². The van der Waals surface area contributed by atoms with Crippen LogP contribution in [0.2, 0.25) is 5.02 Å². The molecule has 0 atom stereocenters. The second kappa shape index (κ2) is 3.90. The lowest BCUT2D eigenvalue weighted by molar-refractivity contribution is 0.764. The minimum absolute atomic E-state index is 0.654. The van der Waals surface area contributed by atoms with Crippen LogP contribution in [0.15, 0.2) is 24.4 Å². The zero-order valence-corrected chi connectivity index (χ0v) is 8.54. The molecule has 1 aromatic carbocycles. The third-order valence-electron chi connectivity index (χ3n) is 1.95. The zero-order chi connectivity index (χ0) is 9.97. The normalized spacial score (nSPS) is 10.7. The Bertz CT molecular complexity index is 456. The van der Waals surface area contributed by atoms with Crippen LogP contribution in [0.5, 0.6) is 0 Å². The summed E-state index contributed by atoms with van der Waals surface area (Å²) in [6.45, 7) is 0.654. The number of benzene rings is 1. The average molecular weight is 208 g/mol. The van der Waals surface area contributed by atoms with Gasteiger partial charge in [-0.2, -0.15) is 0 Å². The molecule has 72 valence electrons. The van der Waals surface area contributed by atoms with Gasteiger partial charge in [0.05, 0.1) is 17.1 Å². The highest BCUT2D eigenvalue weighted by Gasteiger charge is 2.01. The molecule has 0 fully saturated rings. The molecule has 0 bridgehead atoms. The minimum Gasteiger partial charge on any atom is -0.313 e. The lowest BCUT2D eigenvalue weighted by Crippen LogP contribution is -2.08. The number of nitrogens with zero attached hydrogens (tertiary/aromatic N) is 2. The summed E-state index contributed by atoms with van der Waals surface area (Å²) in [5.41, 5.74) is 0.814. The highest BCUT2D eigenvalue weighted by atomic mass is 35.5. The molecule has 14 heavy (non-hydrogen) atoms. The first-order valence-corrected chi connectivity index (χ1v) is 4.74. The Hall–Kier alpha value is -1.19. The van der Waals surface area contributed by atoms with Crippen LogP contribution in [0.25, 0.3) is 10.9 Å². The molecule has 2 aromatic rings. The van der Waals surface area contributed by atoms with Crippen molar-refractivity contribution in [1.29, 1.82) is 0 Å². The molecule has 0 saturated carbocycles. The summed E-state index contributed by atoms with van der Waals surface area (Å²) in [4.78, 5) is 8.56. The minimum atomic E-state index is 0.654. The van der Waals surface area contributed by atoms with Gasteiger partial charge in [0, 0.05) is 11.6 Å². The zero-order valence-electron chi connectivity index (χ0n) is 7.79. The van der Waals surface area contributed by atoms with E-state index in [4.69, 9.17) is 11.6 Å². The number of aromatic nitrogens is 2. The second-order valence-corrected chi connectivity index (χ2v) is 3.40. The number of nitrogens with one attached hydrogen (secondary N) is 1. The molecule has 0 unspecified atom stereocenters. The SMILES string of the molecule is CNCc1ncc2cccc(Cl)c2n1. The van der Waals surface area contributed by atoms with Crippen LogP contribution in [0.1, 0.15) is 5.82 Å². The summed E-state index contributed by atoms with van der Waals surface area (Å²) in [6.07, 6.45) is 1.79. The predicted octanol–water partition coefficient (Wildman–Crippen LogP) is 2.00. The fraction of sp³-hybridized carbons (Fsp3) is 0.200. The largest absolute Gasteiger partial charge is 0.313 e. The Labute approximate surface area is 87.1 Å². The summed E-state index contributed by atoms with van der Waals surface area (Å²) in [7, 11) is 1.86. The van der Waals surface area contributed by atoms with E-state index in [1.807, 2.05) is 25.2 Å². The summed E-state index contributed by atoms with van der Waals surface area (Å²) in [6, 6.07) is 5.68. The molecule has 4 heteroatoms. The van der Waals surface area contributed by atoms with Crippen LogP contribution in [0, 0.1) is 0 Å². The van der Waals surface area contributed by atoms with Gasteiger partial charge >= 0.3 is 0 Å². The Morgan fingerprint density at radius 2 is 2.29 bits per heavy atom. The van der Waals surface area contributed by atoms with Gasteiger partial charge in [0.25, 0.3) is 0 Å². The Balaban J connectivity index is 2.58. The molecule has 1 N–H and O–H groups in total. The standard InChI is InChI=1S/C10H10ClN3/c1-12-6-9-13-5-7-3-2-4-8(11)10(7)14-9/h2-5,12H,6H2,1H3. The van der Waals surface area contributed by atoms with Crippen molar-refractivity contribution < 1.29 is 0 Å². The molecule has 2 rings (SSSR count). The summed E-state index contributed by atoms with van der Waals surface area (Å²) in [5.74, 6) is 0.758. The monoisotopic (exact) mass is 207 g/mol. The van der Waals surface area contributed by atoms with Gasteiger partial charge in [-0.1, -0.05) is 23.7 Å². The third-order valence-corrected chi connectivity index (χ3v) is 2.25. The fourth-order valence-electron chi connectivity index (χ4n) is 1.30. The van der Waals surface area contributed by atoms with Gasteiger partial charge in [-0.3, -0.25) is 0 Å². The summed E-state index contributed by atoms with van der Waals surface area (Å²) < 4.78 is 0. The number of para-hydroxylation sites is 1. The van der Waals surface area contributed by atoms with Crippen molar-refractivity contribution >= 4 is 22.5 Å². The van der Waals surface area contributed by atoms with E-state index in [9.17, 15) is 0 Å². The van der Waals surface area contributed by atoms with E-state index in [1.54, 1.807) is 6.20 Å². The third kappa shape index (κ3) is 1.69. The van der Waals surface area contributed by atoms with Gasteiger partial charge in [0.2, 0.25) is 0 Å². The highest BCUT2D eigenvalue weighted by Crippen LogP contribution is 2.20. The van der Waals surface area contributed by atoms with Crippen LogP contribution in [-0.4, -0.2) is 17.0 Å². The van der Waals surface area contributed by atoms with Gasteiger partial charge in [-0.25, -0.2) is 9.97 Å². The van der Waals surface area contributed by atoms with Crippen molar-refractivity contribution in [3.05, 3.63) is 35.2 Å². The summed E-state index contributed by atoms with van der Waals surface area (Å²) >= 11 is 6.02. The van der Waals surface area contributed by atoms with Crippen LogP contribution in [0.4, 0.5) is 0 Å². The van der Waals surface area contributed by atoms with Crippen LogP contribution < -0.4 is 5.32 Å². The number of hydrogen-bond donors (Lipinski definition) is 1. The smallest absolute Gasteiger partial charge is 0.142 e. The van der Waals surface area contributed by atoms with Crippen molar-refractivity contribution in [2.45, 2.75) is 6.54 Å². The quantitative estimate of drug-likeness (QED) is 0.819. The van der Waals surface area contributed by atoms with Crippen molar-refractivity contribution in [1.82, 2.24) is 15.3 Å². The second-order valence-electron chi connectivity index (χ2n) is 2.99. The van der Waals surface area contributed by atoms with E-state index in [0.29, 0.717) is 11.6 Å². The molecular formula is C10H10ClN3. The number of fused-ring (bicyclic) bond motifs is 1. The lowest BCUT2D eigenvalue weighted by Gasteiger charge is -2.02. The Morgan fingerprint density at radius 1 is 1.43 bits per heavy atom. The van der Waals surface area contributed by atoms with E-state index in [2.05, 4.69) is 15.3 Å². The molecule has 0 radical (unpaired) electrons. The number of hydrogen-bond acceptors (Lipinski definition) is 3. The van der Waals surface area contributed by atoms with Crippen molar-refractivity contribution in [2.75, 3.05) is 7.05 Å². The maximum absolute atomic E-state index is 6.02. The maximum Gasteiger partial charge on any atom is 0.142 e. The molecule has 0 aliphatic rings. The van der Waals surface area contributed by atoms with E-state index in [0.717, 1.165) is 16.7 Å². The first-order chi connectivity index (χ1) is 6.81. The molecule has 0 amide bonds. The number of rotatable bonds is 2. The maximum atomic E-state index is 6.02. The number of halogens is 1.